The molecule has 0 aliphatic rings. The Morgan fingerprint density at radius 3 is 2.17 bits per heavy atom. The molecule has 0 bridgehead atoms. The van der Waals surface area contributed by atoms with Crippen molar-refractivity contribution in [1.82, 2.24) is 0 Å². The summed E-state index contributed by atoms with van der Waals surface area (Å²) in [5.41, 5.74) is 2.59. The van der Waals surface area contributed by atoms with Gasteiger partial charge in [0, 0.05) is 12.8 Å². The maximum absolute atomic E-state index is 5.25. The van der Waals surface area contributed by atoms with E-state index in [-0.39, 0.29) is 0 Å². The molecule has 1 rings (SSSR count). The minimum absolute atomic E-state index is 0.365. The summed E-state index contributed by atoms with van der Waals surface area (Å²) in [6.45, 7) is 9.66. The van der Waals surface area contributed by atoms with Gasteiger partial charge in [-0.15, -0.1) is 0 Å². The van der Waals surface area contributed by atoms with Gasteiger partial charge in [0.15, 0.2) is 0 Å². The molecule has 0 spiro atoms. The Labute approximate surface area is 112 Å². The molecule has 0 radical (unpaired) electrons. The maximum atomic E-state index is 5.25. The van der Waals surface area contributed by atoms with Gasteiger partial charge in [-0.25, -0.2) is 0 Å². The second-order valence-corrected chi connectivity index (χ2v) is 5.38. The van der Waals surface area contributed by atoms with Crippen LogP contribution in [0.1, 0.15) is 45.6 Å². The third-order valence-electron chi connectivity index (χ3n) is 3.60. The largest absolute Gasteiger partial charge is 0.383 e. The second-order valence-electron chi connectivity index (χ2n) is 5.38. The van der Waals surface area contributed by atoms with Crippen molar-refractivity contribution in [2.45, 2.75) is 46.1 Å². The van der Waals surface area contributed by atoms with E-state index in [1.54, 1.807) is 7.11 Å². The lowest BCUT2D eigenvalue weighted by molar-refractivity contribution is 0.171. The van der Waals surface area contributed by atoms with Crippen LogP contribution < -0.4 is 5.32 Å². The Morgan fingerprint density at radius 1 is 1.11 bits per heavy atom. The van der Waals surface area contributed by atoms with E-state index in [4.69, 9.17) is 4.74 Å². The highest BCUT2D eigenvalue weighted by Crippen LogP contribution is 2.21. The molecular formula is C16H27NO. The molecule has 0 aliphatic carbocycles. The highest BCUT2D eigenvalue weighted by atomic mass is 16.5. The summed E-state index contributed by atoms with van der Waals surface area (Å²) in [6.07, 6.45) is 1.19. The number of rotatable bonds is 7. The van der Waals surface area contributed by atoms with Crippen LogP contribution >= 0.6 is 0 Å². The number of hydrogen-bond donors (Lipinski definition) is 1. The average molecular weight is 249 g/mol. The predicted molar refractivity (Wildman–Crippen MR) is 79.3 cm³/mol. The zero-order chi connectivity index (χ0) is 13.5. The zero-order valence-corrected chi connectivity index (χ0v) is 12.4. The van der Waals surface area contributed by atoms with Crippen molar-refractivity contribution in [1.29, 1.82) is 0 Å². The number of hydrogen-bond acceptors (Lipinski definition) is 2. The molecule has 18 heavy (non-hydrogen) atoms. The first kappa shape index (κ1) is 15.0. The van der Waals surface area contributed by atoms with Gasteiger partial charge in [0.25, 0.3) is 0 Å². The van der Waals surface area contributed by atoms with E-state index < -0.39 is 0 Å². The molecular weight excluding hydrogens is 222 g/mol. The summed E-state index contributed by atoms with van der Waals surface area (Å²) < 4.78 is 5.25. The molecule has 2 atom stereocenters. The van der Waals surface area contributed by atoms with E-state index in [0.29, 0.717) is 17.9 Å². The van der Waals surface area contributed by atoms with Gasteiger partial charge < -0.3 is 10.1 Å². The van der Waals surface area contributed by atoms with Crippen LogP contribution in [0.4, 0.5) is 5.69 Å². The van der Waals surface area contributed by atoms with Crippen molar-refractivity contribution in [3.63, 3.8) is 0 Å². The minimum atomic E-state index is 0.365. The lowest BCUT2D eigenvalue weighted by Gasteiger charge is -2.23. The smallest absolute Gasteiger partial charge is 0.0666 e. The average Bonchev–Trinajstić information content (AvgIpc) is 2.38. The Bertz CT molecular complexity index is 331. The Hall–Kier alpha value is -1.02. The van der Waals surface area contributed by atoms with E-state index in [1.165, 1.54) is 17.7 Å². The quantitative estimate of drug-likeness (QED) is 0.778. The monoisotopic (exact) mass is 249 g/mol. The van der Waals surface area contributed by atoms with Crippen LogP contribution in [0.25, 0.3) is 0 Å². The van der Waals surface area contributed by atoms with Crippen molar-refractivity contribution in [2.75, 3.05) is 19.0 Å². The van der Waals surface area contributed by atoms with E-state index in [2.05, 4.69) is 57.3 Å². The summed E-state index contributed by atoms with van der Waals surface area (Å²) in [7, 11) is 1.75. The molecule has 0 aromatic heterocycles. The normalized spacial score (nSPS) is 14.6. The van der Waals surface area contributed by atoms with Crippen LogP contribution in [0.2, 0.25) is 0 Å². The van der Waals surface area contributed by atoms with Crippen LogP contribution in [0.3, 0.4) is 0 Å². The molecule has 2 nitrogen and oxygen atoms in total. The van der Waals surface area contributed by atoms with Gasteiger partial charge in [-0.1, -0.05) is 39.8 Å². The molecule has 2 unspecified atom stereocenters. The Morgan fingerprint density at radius 2 is 1.72 bits per heavy atom. The molecule has 2 heteroatoms. The SMILES string of the molecule is CCC(C)c1ccc(NC(COC)C(C)C)cc1. The van der Waals surface area contributed by atoms with Crippen molar-refractivity contribution in [3.05, 3.63) is 29.8 Å². The van der Waals surface area contributed by atoms with Gasteiger partial charge in [-0.3, -0.25) is 0 Å². The van der Waals surface area contributed by atoms with Gasteiger partial charge in [0.1, 0.15) is 0 Å². The van der Waals surface area contributed by atoms with Crippen LogP contribution in [0.5, 0.6) is 0 Å². The third kappa shape index (κ3) is 4.34. The van der Waals surface area contributed by atoms with Gasteiger partial charge >= 0.3 is 0 Å². The van der Waals surface area contributed by atoms with Crippen LogP contribution in [0, 0.1) is 5.92 Å². The Balaban J connectivity index is 2.67. The van der Waals surface area contributed by atoms with Gasteiger partial charge in [0.05, 0.1) is 12.6 Å². The Kier molecular flexibility index (Phi) is 6.20. The van der Waals surface area contributed by atoms with Crippen LogP contribution in [0.15, 0.2) is 24.3 Å². The van der Waals surface area contributed by atoms with E-state index in [1.807, 2.05) is 0 Å². The summed E-state index contributed by atoms with van der Waals surface area (Å²) in [5.74, 6) is 1.19. The second kappa shape index (κ2) is 7.42. The first-order valence-corrected chi connectivity index (χ1v) is 6.93. The summed E-state index contributed by atoms with van der Waals surface area (Å²) in [4.78, 5) is 0. The zero-order valence-electron chi connectivity index (χ0n) is 12.4. The van der Waals surface area contributed by atoms with Crippen LogP contribution in [-0.4, -0.2) is 19.8 Å². The van der Waals surface area contributed by atoms with E-state index in [9.17, 15) is 0 Å². The van der Waals surface area contributed by atoms with Crippen LogP contribution in [-0.2, 0) is 4.74 Å². The molecule has 0 saturated carbocycles. The van der Waals surface area contributed by atoms with Crippen molar-refractivity contribution < 1.29 is 4.74 Å². The molecule has 1 aromatic carbocycles. The number of benzene rings is 1. The van der Waals surface area contributed by atoms with Gasteiger partial charge in [-0.2, -0.15) is 0 Å². The maximum Gasteiger partial charge on any atom is 0.0666 e. The standard InChI is InChI=1S/C16H27NO/c1-6-13(4)14-7-9-15(10-8-14)17-16(11-18-5)12(2)3/h7-10,12-13,16-17H,6,11H2,1-5H3. The lowest BCUT2D eigenvalue weighted by Crippen LogP contribution is -2.30. The molecule has 0 amide bonds. The highest BCUT2D eigenvalue weighted by molar-refractivity contribution is 5.46. The van der Waals surface area contributed by atoms with Gasteiger partial charge in [-0.05, 0) is 36.0 Å². The number of anilines is 1. The summed E-state index contributed by atoms with van der Waals surface area (Å²) in [5, 5.41) is 3.54. The molecule has 0 heterocycles. The van der Waals surface area contributed by atoms with Crippen molar-refractivity contribution >= 4 is 5.69 Å². The molecule has 0 saturated heterocycles. The summed E-state index contributed by atoms with van der Waals surface area (Å²) >= 11 is 0. The number of methoxy groups -OCH3 is 1. The number of nitrogens with one attached hydrogen (secondary N) is 1. The first-order valence-electron chi connectivity index (χ1n) is 6.93. The third-order valence-corrected chi connectivity index (χ3v) is 3.60. The summed E-state index contributed by atoms with van der Waals surface area (Å²) in [6, 6.07) is 9.16. The number of ether oxygens (including phenoxy) is 1. The first-order chi connectivity index (χ1) is 8.58. The molecule has 1 aromatic rings. The van der Waals surface area contributed by atoms with Crippen molar-refractivity contribution in [2.24, 2.45) is 5.92 Å². The molecule has 1 N–H and O–H groups in total. The molecule has 102 valence electrons. The minimum Gasteiger partial charge on any atom is -0.383 e. The molecule has 0 fully saturated rings. The van der Waals surface area contributed by atoms with Crippen molar-refractivity contribution in [3.8, 4) is 0 Å². The fraction of sp³-hybridized carbons (Fsp3) is 0.625. The molecule has 0 aliphatic heterocycles. The van der Waals surface area contributed by atoms with E-state index >= 15 is 0 Å². The highest BCUT2D eigenvalue weighted by Gasteiger charge is 2.12. The predicted octanol–water partition coefficient (Wildman–Crippen LogP) is 4.28. The van der Waals surface area contributed by atoms with Gasteiger partial charge in [0.2, 0.25) is 0 Å². The van der Waals surface area contributed by atoms with E-state index in [0.717, 1.165) is 6.61 Å². The fourth-order valence-corrected chi connectivity index (χ4v) is 1.94. The fourth-order valence-electron chi connectivity index (χ4n) is 1.94. The topological polar surface area (TPSA) is 21.3 Å². The lowest BCUT2D eigenvalue weighted by atomic mass is 9.98.